The molecule has 0 bridgehead atoms. The predicted octanol–water partition coefficient (Wildman–Crippen LogP) is 1.79. The Labute approximate surface area is 83.0 Å². The molecule has 2 N–H and O–H groups in total. The van der Waals surface area contributed by atoms with Gasteiger partial charge in [-0.25, -0.2) is 9.37 Å². The third-order valence-corrected chi connectivity index (χ3v) is 2.22. The zero-order chi connectivity index (χ0) is 10.8. The monoisotopic (exact) mass is 198 g/mol. The number of aliphatic hydroxyl groups excluding tert-OH is 1. The van der Waals surface area contributed by atoms with Crippen LogP contribution < -0.4 is 5.32 Å². The number of halogens is 1. The minimum absolute atomic E-state index is 0.370. The van der Waals surface area contributed by atoms with Gasteiger partial charge in [-0.1, -0.05) is 0 Å². The molecule has 1 rings (SSSR count). The van der Waals surface area contributed by atoms with Gasteiger partial charge in [0.1, 0.15) is 11.6 Å². The summed E-state index contributed by atoms with van der Waals surface area (Å²) in [4.78, 5) is 3.85. The second kappa shape index (κ2) is 3.92. The van der Waals surface area contributed by atoms with Crippen molar-refractivity contribution < 1.29 is 9.50 Å². The zero-order valence-corrected chi connectivity index (χ0v) is 8.58. The van der Waals surface area contributed by atoms with Crippen LogP contribution in [-0.4, -0.2) is 21.7 Å². The van der Waals surface area contributed by atoms with E-state index in [1.165, 1.54) is 6.07 Å². The molecule has 1 heterocycles. The molecule has 0 spiro atoms. The first-order chi connectivity index (χ1) is 6.42. The van der Waals surface area contributed by atoms with E-state index >= 15 is 0 Å². The van der Waals surface area contributed by atoms with Crippen LogP contribution in [0.25, 0.3) is 0 Å². The van der Waals surface area contributed by atoms with E-state index in [-0.39, 0.29) is 5.82 Å². The van der Waals surface area contributed by atoms with Crippen LogP contribution in [0.4, 0.5) is 10.2 Å². The molecule has 0 aromatic carbocycles. The summed E-state index contributed by atoms with van der Waals surface area (Å²) in [5.74, 6) is 0.183. The summed E-state index contributed by atoms with van der Waals surface area (Å²) >= 11 is 0. The molecule has 0 saturated heterocycles. The lowest BCUT2D eigenvalue weighted by molar-refractivity contribution is 0.133. The number of aromatic nitrogens is 1. The Kier molecular flexibility index (Phi) is 3.06. The van der Waals surface area contributed by atoms with E-state index < -0.39 is 11.6 Å². The summed E-state index contributed by atoms with van der Waals surface area (Å²) in [6.45, 7) is 5.39. The van der Waals surface area contributed by atoms with Crippen molar-refractivity contribution in [2.45, 2.75) is 32.4 Å². The smallest absolute Gasteiger partial charge is 0.141 e. The molecule has 0 aliphatic rings. The fourth-order valence-corrected chi connectivity index (χ4v) is 0.884. The van der Waals surface area contributed by atoms with Crippen molar-refractivity contribution in [3.8, 4) is 0 Å². The predicted molar refractivity (Wildman–Crippen MR) is 53.6 cm³/mol. The Morgan fingerprint density at radius 3 is 2.57 bits per heavy atom. The number of aliphatic hydroxyl groups is 1. The molecule has 0 aliphatic heterocycles. The highest BCUT2D eigenvalue weighted by Crippen LogP contribution is 2.16. The Morgan fingerprint density at radius 2 is 2.14 bits per heavy atom. The molecule has 0 saturated carbocycles. The summed E-state index contributed by atoms with van der Waals surface area (Å²) < 4.78 is 12.5. The number of rotatable bonds is 3. The highest BCUT2D eigenvalue weighted by molar-refractivity contribution is 5.37. The average molecular weight is 198 g/mol. The first kappa shape index (κ1) is 10.9. The van der Waals surface area contributed by atoms with Crippen molar-refractivity contribution >= 4 is 5.82 Å². The SMILES string of the molecule is CC(O)C(C)(C)Nc1ccc(F)cn1. The van der Waals surface area contributed by atoms with Gasteiger partial charge in [0.2, 0.25) is 0 Å². The van der Waals surface area contributed by atoms with Gasteiger partial charge in [0.05, 0.1) is 17.8 Å². The first-order valence-corrected chi connectivity index (χ1v) is 4.49. The Morgan fingerprint density at radius 1 is 1.50 bits per heavy atom. The average Bonchev–Trinajstić information content (AvgIpc) is 2.08. The van der Waals surface area contributed by atoms with Crippen LogP contribution in [0.1, 0.15) is 20.8 Å². The molecule has 1 aromatic rings. The lowest BCUT2D eigenvalue weighted by atomic mass is 9.99. The van der Waals surface area contributed by atoms with E-state index in [0.717, 1.165) is 6.20 Å². The quantitative estimate of drug-likeness (QED) is 0.778. The van der Waals surface area contributed by atoms with E-state index in [2.05, 4.69) is 10.3 Å². The van der Waals surface area contributed by atoms with E-state index in [1.807, 2.05) is 13.8 Å². The minimum atomic E-state index is -0.519. The maximum absolute atomic E-state index is 12.5. The number of anilines is 1. The highest BCUT2D eigenvalue weighted by atomic mass is 19.1. The molecule has 3 nitrogen and oxygen atoms in total. The molecule has 78 valence electrons. The van der Waals surface area contributed by atoms with Crippen molar-refractivity contribution in [1.29, 1.82) is 0 Å². The van der Waals surface area contributed by atoms with Gasteiger partial charge < -0.3 is 10.4 Å². The largest absolute Gasteiger partial charge is 0.391 e. The van der Waals surface area contributed by atoms with Gasteiger partial charge in [-0.05, 0) is 32.9 Å². The van der Waals surface area contributed by atoms with Crippen molar-refractivity contribution in [3.05, 3.63) is 24.1 Å². The Balaban J connectivity index is 2.74. The van der Waals surface area contributed by atoms with Gasteiger partial charge in [0.25, 0.3) is 0 Å². The summed E-state index contributed by atoms with van der Waals surface area (Å²) in [5, 5.41) is 12.4. The summed E-state index contributed by atoms with van der Waals surface area (Å²) in [6.07, 6.45) is 0.620. The molecular weight excluding hydrogens is 183 g/mol. The second-order valence-electron chi connectivity index (χ2n) is 3.88. The maximum atomic E-state index is 12.5. The Bertz CT molecular complexity index is 295. The third kappa shape index (κ3) is 2.67. The topological polar surface area (TPSA) is 45.1 Å². The van der Waals surface area contributed by atoms with Crippen molar-refractivity contribution in [2.24, 2.45) is 0 Å². The highest BCUT2D eigenvalue weighted by Gasteiger charge is 2.23. The molecule has 0 radical (unpaired) electrons. The fourth-order valence-electron chi connectivity index (χ4n) is 0.884. The lowest BCUT2D eigenvalue weighted by Gasteiger charge is -2.29. The summed E-state index contributed by atoms with van der Waals surface area (Å²) in [5.41, 5.74) is -0.481. The van der Waals surface area contributed by atoms with E-state index in [0.29, 0.717) is 5.82 Å². The van der Waals surface area contributed by atoms with E-state index in [9.17, 15) is 9.50 Å². The van der Waals surface area contributed by atoms with Crippen LogP contribution >= 0.6 is 0 Å². The van der Waals surface area contributed by atoms with Crippen LogP contribution in [0, 0.1) is 5.82 Å². The molecular formula is C10H15FN2O. The molecule has 14 heavy (non-hydrogen) atoms. The van der Waals surface area contributed by atoms with Gasteiger partial charge in [-0.15, -0.1) is 0 Å². The third-order valence-electron chi connectivity index (χ3n) is 2.22. The van der Waals surface area contributed by atoms with Crippen LogP contribution in [0.3, 0.4) is 0 Å². The first-order valence-electron chi connectivity index (χ1n) is 4.49. The van der Waals surface area contributed by atoms with Crippen molar-refractivity contribution in [1.82, 2.24) is 4.98 Å². The molecule has 1 atom stereocenters. The Hall–Kier alpha value is -1.16. The number of hydrogen-bond acceptors (Lipinski definition) is 3. The normalized spacial score (nSPS) is 13.8. The minimum Gasteiger partial charge on any atom is -0.391 e. The zero-order valence-electron chi connectivity index (χ0n) is 8.58. The van der Waals surface area contributed by atoms with E-state index in [1.54, 1.807) is 13.0 Å². The molecule has 1 unspecified atom stereocenters. The van der Waals surface area contributed by atoms with Crippen LogP contribution in [-0.2, 0) is 0 Å². The molecule has 0 fully saturated rings. The summed E-state index contributed by atoms with van der Waals surface area (Å²) in [6, 6.07) is 2.87. The van der Waals surface area contributed by atoms with Crippen LogP contribution in [0.15, 0.2) is 18.3 Å². The van der Waals surface area contributed by atoms with Gasteiger partial charge >= 0.3 is 0 Å². The van der Waals surface area contributed by atoms with Gasteiger partial charge in [0.15, 0.2) is 0 Å². The van der Waals surface area contributed by atoms with E-state index in [4.69, 9.17) is 0 Å². The van der Waals surface area contributed by atoms with Gasteiger partial charge in [-0.2, -0.15) is 0 Å². The van der Waals surface area contributed by atoms with Gasteiger partial charge in [0, 0.05) is 0 Å². The number of pyridine rings is 1. The molecule has 1 aromatic heterocycles. The number of hydrogen-bond donors (Lipinski definition) is 2. The lowest BCUT2D eigenvalue weighted by Crippen LogP contribution is -2.42. The standard InChI is InChI=1S/C10H15FN2O/c1-7(14)10(2,3)13-9-5-4-8(11)6-12-9/h4-7,14H,1-3H3,(H,12,13). The molecule has 0 aliphatic carbocycles. The number of nitrogens with one attached hydrogen (secondary N) is 1. The summed E-state index contributed by atoms with van der Waals surface area (Å²) in [7, 11) is 0. The second-order valence-corrected chi connectivity index (χ2v) is 3.88. The fraction of sp³-hybridized carbons (Fsp3) is 0.500. The van der Waals surface area contributed by atoms with Crippen molar-refractivity contribution in [2.75, 3.05) is 5.32 Å². The molecule has 0 amide bonds. The van der Waals surface area contributed by atoms with Crippen molar-refractivity contribution in [3.63, 3.8) is 0 Å². The van der Waals surface area contributed by atoms with Crippen LogP contribution in [0.2, 0.25) is 0 Å². The number of nitrogens with zero attached hydrogens (tertiary/aromatic N) is 1. The van der Waals surface area contributed by atoms with Crippen LogP contribution in [0.5, 0.6) is 0 Å². The molecule has 4 heteroatoms. The maximum Gasteiger partial charge on any atom is 0.141 e. The van der Waals surface area contributed by atoms with Gasteiger partial charge in [-0.3, -0.25) is 0 Å².